The van der Waals surface area contributed by atoms with Crippen molar-refractivity contribution in [1.82, 2.24) is 0 Å². The summed E-state index contributed by atoms with van der Waals surface area (Å²) in [5, 5.41) is 49.3. The van der Waals surface area contributed by atoms with Crippen LogP contribution in [0.1, 0.15) is 189 Å². The average molecular weight is 1800 g/mol. The van der Waals surface area contributed by atoms with Crippen LogP contribution in [0.5, 0.6) is 74.7 Å². The number of rotatable bonds is 38. The van der Waals surface area contributed by atoms with Gasteiger partial charge in [-0.1, -0.05) is 145 Å². The first-order valence-electron chi connectivity index (χ1n) is 44.8. The van der Waals surface area contributed by atoms with Gasteiger partial charge in [0, 0.05) is 74.6 Å². The molecule has 0 fully saturated rings. The molecule has 0 heterocycles. The van der Waals surface area contributed by atoms with Crippen molar-refractivity contribution in [1.29, 1.82) is 0 Å². The van der Waals surface area contributed by atoms with E-state index in [1.807, 2.05) is 104 Å². The third kappa shape index (κ3) is 24.3. The molecule has 13 aromatic rings. The van der Waals surface area contributed by atoms with Gasteiger partial charge in [0.2, 0.25) is 0 Å². The third-order valence-corrected chi connectivity index (χ3v) is 25.3. The molecule has 13 rings (SSSR count). The maximum Gasteiger partial charge on any atom is 0.129 e. The average Bonchev–Trinajstić information content (AvgIpc) is 0.915. The topological polar surface area (TPSA) is 221 Å². The molecule has 0 unspecified atom stereocenters. The Morgan fingerprint density at radius 3 is 0.925 bits per heavy atom. The molecular weight excluding hydrogens is 1670 g/mol. The lowest BCUT2D eigenvalue weighted by atomic mass is 9.85. The van der Waals surface area contributed by atoms with Crippen LogP contribution in [0.15, 0.2) is 188 Å². The molecule has 0 aliphatic heterocycles. The predicted molar refractivity (Wildman–Crippen MR) is 529 cm³/mol. The van der Waals surface area contributed by atoms with E-state index >= 15 is 0 Å². The van der Waals surface area contributed by atoms with E-state index < -0.39 is 0 Å². The Balaban J connectivity index is 0.000000194. The summed E-state index contributed by atoms with van der Waals surface area (Å²) in [7, 11) is 22.0. The van der Waals surface area contributed by atoms with Crippen molar-refractivity contribution in [3.05, 3.63) is 377 Å². The third-order valence-electron chi connectivity index (χ3n) is 25.3. The van der Waals surface area contributed by atoms with Gasteiger partial charge in [-0.2, -0.15) is 0 Å². The second-order valence-corrected chi connectivity index (χ2v) is 34.1. The second kappa shape index (κ2) is 47.4. The lowest BCUT2D eigenvalue weighted by Gasteiger charge is -2.23. The Hall–Kier alpha value is -12.9. The fourth-order valence-electron chi connectivity index (χ4n) is 18.7. The molecule has 18 heteroatoms. The molecule has 13 aromatic carbocycles. The van der Waals surface area contributed by atoms with Crippen molar-refractivity contribution in [2.45, 2.75) is 160 Å². The van der Waals surface area contributed by atoms with Gasteiger partial charge in [-0.15, -0.1) is 0 Å². The molecule has 0 aromatic heterocycles. The zero-order valence-electron chi connectivity index (χ0n) is 81.5. The smallest absolute Gasteiger partial charge is 0.129 e. The van der Waals surface area contributed by atoms with E-state index in [1.165, 1.54) is 27.8 Å². The van der Waals surface area contributed by atoms with Crippen LogP contribution in [0, 0.1) is 62.3 Å². The Morgan fingerprint density at radius 2 is 0.489 bits per heavy atom. The summed E-state index contributed by atoms with van der Waals surface area (Å²) in [6.07, 6.45) is 6.67. The summed E-state index contributed by atoms with van der Waals surface area (Å²) in [4.78, 5) is 0. The monoisotopic (exact) mass is 1800 g/mol. The van der Waals surface area contributed by atoms with Crippen molar-refractivity contribution in [2.24, 2.45) is 0 Å². The van der Waals surface area contributed by atoms with E-state index in [4.69, 9.17) is 61.6 Å². The van der Waals surface area contributed by atoms with Crippen LogP contribution in [-0.4, -0.2) is 118 Å². The first-order valence-corrected chi connectivity index (χ1v) is 44.8. The van der Waals surface area contributed by atoms with Crippen LogP contribution in [0.3, 0.4) is 0 Å². The predicted octanol–water partition coefficient (Wildman–Crippen LogP) is 21.3. The van der Waals surface area contributed by atoms with Gasteiger partial charge in [0.05, 0.1) is 125 Å². The molecule has 0 amide bonds. The van der Waals surface area contributed by atoms with Crippen LogP contribution in [0.4, 0.5) is 0 Å². The summed E-state index contributed by atoms with van der Waals surface area (Å²) in [6, 6.07) is 63.7. The number of hydrogen-bond donors (Lipinski definition) is 5. The summed E-state index contributed by atoms with van der Waals surface area (Å²) in [5.41, 5.74) is 36.5. The van der Waals surface area contributed by atoms with Crippen LogP contribution in [-0.2, 0) is 97.2 Å². The molecule has 0 aliphatic carbocycles. The number of hydrogen-bond acceptors (Lipinski definition) is 18. The number of benzene rings is 13. The SMILES string of the molecule is COc1ccc(Cc2c(C)c(Cc3c(OC)c(C)cc(Cc4cc(C)c(CO)c(Cc5ccc(CO)cc5)c4C)c3OC)cc(C)c2OC)cc1.COc1ccc(Cc2cc(C)cc(Cc3cc(C)cc(Cc4ccc(CO)cc4OC)c3OC)c2OC)c(OC)c1.COc1ccc(Cc2cc(Cc3cc(C)c(CO)c(Cc4ccc(CO)cc4OC)c3)cc(C)c2OC)c(OC)c1. The van der Waals surface area contributed by atoms with Crippen molar-refractivity contribution in [2.75, 3.05) is 92.4 Å². The molecule has 0 radical (unpaired) electrons. The standard InChI is InChI=1S/C45H52O6.2C35H40O6/c1-27-18-35(30(4)39(42(27)26-47)21-32-10-12-34(25-46)13-11-32)23-37-20-29(3)44(50-8)41(45(37)51-9)24-36-19-28(2)43(49-7)40(31(36)5)22-33-14-16-38(48-6)17-15-33;1-22-12-27(17-25-9-8-24(21-36)16-32(25)38-4)34(40-6)29(14-22)19-30-15-23(2)13-28(35(30)41-7)18-26-10-11-31(37-3)20-33(26)39-5;1-22-11-25(14-29(32(22)21-37)17-27-8-7-24(20-36)16-33(27)39-4)13-26-12-23(2)35(41-6)30(15-26)18-28-9-10-31(38-3)19-34(28)40-5/h10-20,46-47H,21-26H2,1-9H3;8-16,20,36H,17-19,21H2,1-7H3;7-12,14-16,19,36-37H,13,17-18,20-21H2,1-6H3. The molecule has 133 heavy (non-hydrogen) atoms. The molecule has 0 aliphatic rings. The fraction of sp³-hybridized carbons (Fsp3) is 0.322. The molecule has 5 N–H and O–H groups in total. The van der Waals surface area contributed by atoms with E-state index in [-0.39, 0.29) is 33.0 Å². The van der Waals surface area contributed by atoms with E-state index in [2.05, 4.69) is 146 Å². The van der Waals surface area contributed by atoms with Gasteiger partial charge in [0.25, 0.3) is 0 Å². The Bertz CT molecular complexity index is 5960. The van der Waals surface area contributed by atoms with Gasteiger partial charge in [-0.05, 0) is 285 Å². The summed E-state index contributed by atoms with van der Waals surface area (Å²) in [5.74, 6) is 10.5. The van der Waals surface area contributed by atoms with Crippen LogP contribution < -0.4 is 61.6 Å². The lowest BCUT2D eigenvalue weighted by molar-refractivity contribution is 0.279. The molecule has 0 bridgehead atoms. The maximum atomic E-state index is 10.4. The molecule has 0 saturated carbocycles. The van der Waals surface area contributed by atoms with Crippen molar-refractivity contribution in [3.8, 4) is 74.7 Å². The number of aryl methyl sites for hydroxylation is 7. The summed E-state index contributed by atoms with van der Waals surface area (Å²) < 4.78 is 74.9. The van der Waals surface area contributed by atoms with E-state index in [9.17, 15) is 25.5 Å². The van der Waals surface area contributed by atoms with Gasteiger partial charge >= 0.3 is 0 Å². The van der Waals surface area contributed by atoms with Gasteiger partial charge < -0.3 is 87.1 Å². The normalized spacial score (nSPS) is 11.0. The molecular formula is C115H132O18. The van der Waals surface area contributed by atoms with Crippen LogP contribution in [0.2, 0.25) is 0 Å². The first kappa shape index (κ1) is 101. The Labute approximate surface area is 786 Å². The maximum absolute atomic E-state index is 10.4. The second-order valence-electron chi connectivity index (χ2n) is 34.1. The van der Waals surface area contributed by atoms with Gasteiger partial charge in [0.15, 0.2) is 0 Å². The minimum absolute atomic E-state index is 0.0173. The summed E-state index contributed by atoms with van der Waals surface area (Å²) in [6.45, 7) is 18.8. The number of ether oxygens (including phenoxy) is 13. The lowest BCUT2D eigenvalue weighted by Crippen LogP contribution is -2.09. The summed E-state index contributed by atoms with van der Waals surface area (Å²) >= 11 is 0. The van der Waals surface area contributed by atoms with Crippen molar-refractivity contribution >= 4 is 0 Å². The largest absolute Gasteiger partial charge is 0.497 e. The zero-order chi connectivity index (χ0) is 95.9. The van der Waals surface area contributed by atoms with E-state index in [1.54, 1.807) is 92.4 Å². The molecule has 0 saturated heterocycles. The fourth-order valence-corrected chi connectivity index (χ4v) is 18.7. The minimum Gasteiger partial charge on any atom is -0.497 e. The van der Waals surface area contributed by atoms with E-state index in [0.29, 0.717) is 51.4 Å². The van der Waals surface area contributed by atoms with Crippen LogP contribution in [0.25, 0.3) is 0 Å². The minimum atomic E-state index is -0.0400. The van der Waals surface area contributed by atoms with Crippen molar-refractivity contribution in [3.63, 3.8) is 0 Å². The van der Waals surface area contributed by atoms with Gasteiger partial charge in [0.1, 0.15) is 74.7 Å². The highest BCUT2D eigenvalue weighted by atomic mass is 16.5. The number of aliphatic hydroxyl groups is 5. The zero-order valence-corrected chi connectivity index (χ0v) is 81.5. The van der Waals surface area contributed by atoms with Crippen molar-refractivity contribution < 1.29 is 87.1 Å². The molecule has 700 valence electrons. The highest BCUT2D eigenvalue weighted by Crippen LogP contribution is 2.44. The van der Waals surface area contributed by atoms with Gasteiger partial charge in [-0.3, -0.25) is 0 Å². The highest BCUT2D eigenvalue weighted by Gasteiger charge is 2.27. The van der Waals surface area contributed by atoms with Crippen LogP contribution >= 0.6 is 0 Å². The Kier molecular flexibility index (Phi) is 35.9. The molecule has 0 spiro atoms. The molecule has 18 nitrogen and oxygen atoms in total. The highest BCUT2D eigenvalue weighted by molar-refractivity contribution is 5.63. The first-order chi connectivity index (χ1) is 64.2. The number of aliphatic hydroxyl groups excluding tert-OH is 5. The van der Waals surface area contributed by atoms with E-state index in [0.717, 1.165) is 249 Å². The number of methoxy groups -OCH3 is 13. The Morgan fingerprint density at radius 1 is 0.173 bits per heavy atom. The van der Waals surface area contributed by atoms with Gasteiger partial charge in [-0.25, -0.2) is 0 Å². The molecule has 0 atom stereocenters. The quantitative estimate of drug-likeness (QED) is 0.0243.